The third-order valence-electron chi connectivity index (χ3n) is 4.89. The number of carbonyl (C=O) groups is 1. The summed E-state index contributed by atoms with van der Waals surface area (Å²) in [6.07, 6.45) is 4.42. The summed E-state index contributed by atoms with van der Waals surface area (Å²) < 4.78 is 5.60. The van der Waals surface area contributed by atoms with Crippen LogP contribution >= 0.6 is 0 Å². The Balaban J connectivity index is 2.26. The first-order valence-electron chi connectivity index (χ1n) is 7.40. The van der Waals surface area contributed by atoms with Crippen molar-refractivity contribution in [3.8, 4) is 0 Å². The van der Waals surface area contributed by atoms with Crippen LogP contribution in [0.15, 0.2) is 24.3 Å². The highest BCUT2D eigenvalue weighted by molar-refractivity contribution is 5.66. The van der Waals surface area contributed by atoms with Crippen LogP contribution in [-0.4, -0.2) is 12.1 Å². The van der Waals surface area contributed by atoms with Crippen molar-refractivity contribution in [1.82, 2.24) is 0 Å². The molecule has 106 valence electrons. The van der Waals surface area contributed by atoms with Crippen molar-refractivity contribution in [1.29, 1.82) is 0 Å². The summed E-state index contributed by atoms with van der Waals surface area (Å²) in [5.74, 6) is 1.92. The van der Waals surface area contributed by atoms with Gasteiger partial charge in [0, 0.05) is 12.8 Å². The zero-order valence-electron chi connectivity index (χ0n) is 12.4. The predicted molar refractivity (Wildman–Crippen MR) is 77.6 cm³/mol. The number of ether oxygens (including phenoxy) is 1. The van der Waals surface area contributed by atoms with E-state index >= 15 is 0 Å². The van der Waals surface area contributed by atoms with E-state index in [1.165, 1.54) is 24.5 Å². The Morgan fingerprint density at radius 3 is 2.58 bits per heavy atom. The van der Waals surface area contributed by atoms with E-state index in [9.17, 15) is 4.79 Å². The number of allylic oxidation sites excluding steroid dienone is 1. The van der Waals surface area contributed by atoms with Gasteiger partial charge in [0.1, 0.15) is 6.10 Å². The summed E-state index contributed by atoms with van der Waals surface area (Å²) in [5, 5.41) is 0. The second kappa shape index (κ2) is 5.52. The molecule has 0 aromatic heterocycles. The van der Waals surface area contributed by atoms with E-state index < -0.39 is 0 Å². The Morgan fingerprint density at radius 1 is 1.32 bits per heavy atom. The molecule has 19 heavy (non-hydrogen) atoms. The molecule has 0 N–H and O–H groups in total. The van der Waals surface area contributed by atoms with Crippen LogP contribution < -0.4 is 0 Å². The molecule has 0 unspecified atom stereocenters. The maximum absolute atomic E-state index is 11.3. The molecule has 2 fully saturated rings. The molecule has 0 aromatic carbocycles. The summed E-state index contributed by atoms with van der Waals surface area (Å²) in [4.78, 5) is 11.3. The lowest BCUT2D eigenvalue weighted by molar-refractivity contribution is -0.153. The maximum atomic E-state index is 11.3. The fraction of sp³-hybridized carbons (Fsp3) is 0.706. The smallest absolute Gasteiger partial charge is 0.302 e. The molecule has 0 amide bonds. The largest absolute Gasteiger partial charge is 0.462 e. The van der Waals surface area contributed by atoms with Gasteiger partial charge in [-0.05, 0) is 50.4 Å². The lowest BCUT2D eigenvalue weighted by Gasteiger charge is -2.48. The van der Waals surface area contributed by atoms with Gasteiger partial charge in [0.2, 0.25) is 0 Å². The molecule has 2 saturated carbocycles. The first-order chi connectivity index (χ1) is 8.90. The molecule has 0 bridgehead atoms. The molecule has 0 aromatic rings. The van der Waals surface area contributed by atoms with E-state index in [2.05, 4.69) is 27.0 Å². The standard InChI is InChI=1S/C17H26O2/c1-10(2)14-7-6-12(4)17-15(14)8-11(3)9-16(17)19-13(5)18/h11,14-17H,1,4,6-9H2,2-3,5H3/t11-,14-,15+,16+,17+/m1/s1. The van der Waals surface area contributed by atoms with Crippen molar-refractivity contribution in [2.24, 2.45) is 23.7 Å². The molecule has 2 aliphatic rings. The van der Waals surface area contributed by atoms with Gasteiger partial charge in [0.25, 0.3) is 0 Å². The van der Waals surface area contributed by atoms with E-state index in [0.717, 1.165) is 19.3 Å². The van der Waals surface area contributed by atoms with Gasteiger partial charge < -0.3 is 4.74 Å². The first-order valence-corrected chi connectivity index (χ1v) is 7.40. The van der Waals surface area contributed by atoms with E-state index in [4.69, 9.17) is 4.74 Å². The number of hydrogen-bond donors (Lipinski definition) is 0. The lowest BCUT2D eigenvalue weighted by atomic mass is 9.59. The van der Waals surface area contributed by atoms with Crippen LogP contribution in [0.5, 0.6) is 0 Å². The molecule has 5 atom stereocenters. The molecular weight excluding hydrogens is 236 g/mol. The van der Waals surface area contributed by atoms with Crippen LogP contribution in [0.25, 0.3) is 0 Å². The molecular formula is C17H26O2. The zero-order valence-corrected chi connectivity index (χ0v) is 12.4. The predicted octanol–water partition coefficient (Wildman–Crippen LogP) is 4.12. The Hall–Kier alpha value is -1.05. The van der Waals surface area contributed by atoms with E-state index in [0.29, 0.717) is 23.7 Å². The lowest BCUT2D eigenvalue weighted by Crippen LogP contribution is -2.44. The zero-order chi connectivity index (χ0) is 14.2. The quantitative estimate of drug-likeness (QED) is 0.552. The third kappa shape index (κ3) is 2.93. The third-order valence-corrected chi connectivity index (χ3v) is 4.89. The summed E-state index contributed by atoms with van der Waals surface area (Å²) in [7, 11) is 0. The number of fused-ring (bicyclic) bond motifs is 1. The monoisotopic (exact) mass is 262 g/mol. The molecule has 2 rings (SSSR count). The van der Waals surface area contributed by atoms with E-state index in [1.807, 2.05) is 0 Å². The van der Waals surface area contributed by atoms with Gasteiger partial charge >= 0.3 is 5.97 Å². The van der Waals surface area contributed by atoms with Crippen molar-refractivity contribution < 1.29 is 9.53 Å². The van der Waals surface area contributed by atoms with Gasteiger partial charge in [0.15, 0.2) is 0 Å². The molecule has 0 spiro atoms. The topological polar surface area (TPSA) is 26.3 Å². The minimum Gasteiger partial charge on any atom is -0.462 e. The average Bonchev–Trinajstić information content (AvgIpc) is 2.26. The first kappa shape index (κ1) is 14.4. The fourth-order valence-electron chi connectivity index (χ4n) is 4.17. The minimum atomic E-state index is -0.164. The van der Waals surface area contributed by atoms with Crippen molar-refractivity contribution >= 4 is 5.97 Å². The van der Waals surface area contributed by atoms with Crippen molar-refractivity contribution in [2.45, 2.75) is 52.6 Å². The second-order valence-electron chi connectivity index (χ2n) is 6.56. The summed E-state index contributed by atoms with van der Waals surface area (Å²) in [5.41, 5.74) is 2.55. The number of hydrogen-bond acceptors (Lipinski definition) is 2. The van der Waals surface area contributed by atoms with Crippen molar-refractivity contribution in [3.05, 3.63) is 24.3 Å². The van der Waals surface area contributed by atoms with Crippen LogP contribution in [0.3, 0.4) is 0 Å². The van der Waals surface area contributed by atoms with Gasteiger partial charge in [-0.1, -0.05) is 31.2 Å². The molecule has 2 aliphatic carbocycles. The van der Waals surface area contributed by atoms with Gasteiger partial charge in [-0.15, -0.1) is 0 Å². The van der Waals surface area contributed by atoms with Crippen molar-refractivity contribution in [3.63, 3.8) is 0 Å². The molecule has 2 heteroatoms. The minimum absolute atomic E-state index is 0.0286. The molecule has 0 heterocycles. The van der Waals surface area contributed by atoms with Crippen LogP contribution in [0.4, 0.5) is 0 Å². The Morgan fingerprint density at radius 2 is 2.00 bits per heavy atom. The fourth-order valence-corrected chi connectivity index (χ4v) is 4.17. The number of carbonyl (C=O) groups excluding carboxylic acids is 1. The van der Waals surface area contributed by atoms with Crippen LogP contribution in [0, 0.1) is 23.7 Å². The highest BCUT2D eigenvalue weighted by atomic mass is 16.5. The SMILES string of the molecule is C=C1CC[C@H](C(=C)C)[C@@H]2C[C@@H](C)C[C@H](OC(C)=O)[C@@H]12. The average molecular weight is 262 g/mol. The van der Waals surface area contributed by atoms with Crippen LogP contribution in [0.1, 0.15) is 46.5 Å². The Labute approximate surface area is 116 Å². The van der Waals surface area contributed by atoms with E-state index in [1.54, 1.807) is 0 Å². The summed E-state index contributed by atoms with van der Waals surface area (Å²) >= 11 is 0. The van der Waals surface area contributed by atoms with Crippen LogP contribution in [-0.2, 0) is 9.53 Å². The number of esters is 1. The van der Waals surface area contributed by atoms with Gasteiger partial charge in [-0.3, -0.25) is 4.79 Å². The van der Waals surface area contributed by atoms with Gasteiger partial charge in [0.05, 0.1) is 0 Å². The number of rotatable bonds is 2. The summed E-state index contributed by atoms with van der Waals surface area (Å²) in [6.45, 7) is 14.3. The highest BCUT2D eigenvalue weighted by Gasteiger charge is 2.45. The molecule has 0 radical (unpaired) electrons. The highest BCUT2D eigenvalue weighted by Crippen LogP contribution is 2.50. The van der Waals surface area contributed by atoms with Crippen LogP contribution in [0.2, 0.25) is 0 Å². The maximum Gasteiger partial charge on any atom is 0.302 e. The van der Waals surface area contributed by atoms with Gasteiger partial charge in [-0.2, -0.15) is 0 Å². The van der Waals surface area contributed by atoms with E-state index in [-0.39, 0.29) is 12.1 Å². The molecule has 0 aliphatic heterocycles. The normalized spacial score (nSPS) is 38.5. The van der Waals surface area contributed by atoms with Gasteiger partial charge in [-0.25, -0.2) is 0 Å². The van der Waals surface area contributed by atoms with Crippen molar-refractivity contribution in [2.75, 3.05) is 0 Å². The summed E-state index contributed by atoms with van der Waals surface area (Å²) in [6, 6.07) is 0. The molecule has 2 nitrogen and oxygen atoms in total. The second-order valence-corrected chi connectivity index (χ2v) is 6.56. The Kier molecular flexibility index (Phi) is 4.17. The Bertz CT molecular complexity index is 396. The molecule has 0 saturated heterocycles.